The van der Waals surface area contributed by atoms with Crippen LogP contribution in [0.25, 0.3) is 0 Å². The van der Waals surface area contributed by atoms with Gasteiger partial charge in [-0.3, -0.25) is 4.79 Å². The molecule has 0 radical (unpaired) electrons. The molecule has 1 atom stereocenters. The third-order valence-electron chi connectivity index (χ3n) is 2.17. The van der Waals surface area contributed by atoms with Crippen molar-refractivity contribution in [2.45, 2.75) is 45.3 Å². The maximum Gasteiger partial charge on any atom is 0.408 e. The van der Waals surface area contributed by atoms with Gasteiger partial charge in [0.15, 0.2) is 5.03 Å². The number of ether oxygens (including phenoxy) is 1. The van der Waals surface area contributed by atoms with Gasteiger partial charge in [0, 0.05) is 6.54 Å². The Bertz CT molecular complexity index is 445. The zero-order chi connectivity index (χ0) is 17.3. The highest BCUT2D eigenvalue weighted by molar-refractivity contribution is 5.84. The molecule has 0 saturated heterocycles. The number of nitrogens with zero attached hydrogens (tertiary/aromatic N) is 2. The Hall–Kier alpha value is -2.59. The van der Waals surface area contributed by atoms with Crippen molar-refractivity contribution in [1.82, 2.24) is 10.7 Å². The predicted octanol–water partition coefficient (Wildman–Crippen LogP) is -0.759. The fraction of sp³-hybridized carbons (Fsp3) is 0.727. The van der Waals surface area contributed by atoms with Crippen LogP contribution in [0.3, 0.4) is 0 Å². The lowest BCUT2D eigenvalue weighted by Gasteiger charge is -2.22. The number of primary amides is 1. The molecule has 2 amide bonds. The summed E-state index contributed by atoms with van der Waals surface area (Å²) in [6, 6.07) is -0.922. The zero-order valence-electron chi connectivity index (χ0n) is 12.8. The van der Waals surface area contributed by atoms with E-state index < -0.39 is 28.7 Å². The summed E-state index contributed by atoms with van der Waals surface area (Å²) in [6.07, 6.45) is -0.220. The molecule has 0 saturated carbocycles. The first kappa shape index (κ1) is 19.4. The SMILES string of the molecule is CC(C)(C)OC(=O)N[C@@H](CCCN=C(N)N[N+](=O)[O-])C(N)=O. The minimum absolute atomic E-state index is 0.131. The van der Waals surface area contributed by atoms with Gasteiger partial charge in [-0.25, -0.2) is 19.9 Å². The van der Waals surface area contributed by atoms with Crippen LogP contribution >= 0.6 is 0 Å². The number of rotatable bonds is 7. The largest absolute Gasteiger partial charge is 0.444 e. The molecule has 0 heterocycles. The Morgan fingerprint density at radius 2 is 1.95 bits per heavy atom. The highest BCUT2D eigenvalue weighted by Gasteiger charge is 2.22. The summed E-state index contributed by atoms with van der Waals surface area (Å²) in [5.41, 5.74) is 11.4. The number of hydrogen-bond acceptors (Lipinski definition) is 6. The van der Waals surface area contributed by atoms with Gasteiger partial charge in [-0.2, -0.15) is 0 Å². The summed E-state index contributed by atoms with van der Waals surface area (Å²) in [6.45, 7) is 5.19. The van der Waals surface area contributed by atoms with Crippen molar-refractivity contribution >= 4 is 18.0 Å². The minimum atomic E-state index is -0.922. The number of hydrazine groups is 1. The molecule has 0 aliphatic heterocycles. The Balaban J connectivity index is 4.29. The molecule has 0 unspecified atom stereocenters. The molecule has 11 nitrogen and oxygen atoms in total. The van der Waals surface area contributed by atoms with Crippen molar-refractivity contribution in [2.24, 2.45) is 16.5 Å². The number of nitro groups is 1. The fourth-order valence-electron chi connectivity index (χ4n) is 1.36. The molecule has 0 fully saturated rings. The van der Waals surface area contributed by atoms with E-state index in [0.29, 0.717) is 6.42 Å². The first-order chi connectivity index (χ1) is 10.0. The minimum Gasteiger partial charge on any atom is -0.444 e. The van der Waals surface area contributed by atoms with Gasteiger partial charge < -0.3 is 21.5 Å². The molecule has 126 valence electrons. The van der Waals surface area contributed by atoms with Crippen LogP contribution in [0.5, 0.6) is 0 Å². The number of carbonyl (C=O) groups excluding carboxylic acids is 2. The smallest absolute Gasteiger partial charge is 0.408 e. The second kappa shape index (κ2) is 8.64. The van der Waals surface area contributed by atoms with Gasteiger partial charge in [0.05, 0.1) is 0 Å². The average molecular weight is 318 g/mol. The Labute approximate surface area is 127 Å². The normalized spacial score (nSPS) is 13.1. The number of aliphatic imine (C=N–C) groups is 1. The van der Waals surface area contributed by atoms with Gasteiger partial charge in [-0.05, 0) is 33.6 Å². The van der Waals surface area contributed by atoms with Gasteiger partial charge >= 0.3 is 6.09 Å². The summed E-state index contributed by atoms with van der Waals surface area (Å²) in [5, 5.41) is 11.6. The number of nitrogens with two attached hydrogens (primary N) is 2. The highest BCUT2D eigenvalue weighted by Crippen LogP contribution is 2.07. The van der Waals surface area contributed by atoms with E-state index in [1.54, 1.807) is 26.2 Å². The summed E-state index contributed by atoms with van der Waals surface area (Å²) in [4.78, 5) is 36.6. The maximum absolute atomic E-state index is 11.6. The van der Waals surface area contributed by atoms with E-state index in [1.165, 1.54) is 0 Å². The molecule has 0 aliphatic rings. The third-order valence-corrected chi connectivity index (χ3v) is 2.17. The number of hydrogen-bond donors (Lipinski definition) is 4. The fourth-order valence-corrected chi connectivity index (χ4v) is 1.36. The lowest BCUT2D eigenvalue weighted by molar-refractivity contribution is -0.525. The summed E-state index contributed by atoms with van der Waals surface area (Å²) in [5.74, 6) is -1.06. The van der Waals surface area contributed by atoms with Crippen LogP contribution in [0, 0.1) is 10.1 Å². The second-order valence-corrected chi connectivity index (χ2v) is 5.38. The number of alkyl carbamates (subject to hydrolysis) is 1. The van der Waals surface area contributed by atoms with E-state index in [2.05, 4.69) is 10.3 Å². The van der Waals surface area contributed by atoms with Crippen LogP contribution < -0.4 is 22.2 Å². The van der Waals surface area contributed by atoms with Crippen LogP contribution in [0.15, 0.2) is 4.99 Å². The van der Waals surface area contributed by atoms with Crippen molar-refractivity contribution < 1.29 is 19.4 Å². The molecule has 11 heteroatoms. The average Bonchev–Trinajstić information content (AvgIpc) is 2.29. The molecule has 22 heavy (non-hydrogen) atoms. The van der Waals surface area contributed by atoms with Crippen molar-refractivity contribution in [2.75, 3.05) is 6.54 Å². The second-order valence-electron chi connectivity index (χ2n) is 5.38. The molecule has 0 bridgehead atoms. The third kappa shape index (κ3) is 10.2. The van der Waals surface area contributed by atoms with E-state index in [9.17, 15) is 19.7 Å². The van der Waals surface area contributed by atoms with Crippen molar-refractivity contribution in [3.8, 4) is 0 Å². The number of amides is 2. The van der Waals surface area contributed by atoms with Gasteiger partial charge in [0.1, 0.15) is 11.6 Å². The summed E-state index contributed by atoms with van der Waals surface area (Å²) < 4.78 is 5.02. The summed E-state index contributed by atoms with van der Waals surface area (Å²) in [7, 11) is 0. The van der Waals surface area contributed by atoms with Crippen molar-refractivity contribution in [3.05, 3.63) is 10.1 Å². The topological polar surface area (TPSA) is 175 Å². The van der Waals surface area contributed by atoms with Crippen LogP contribution in [0.4, 0.5) is 4.79 Å². The zero-order valence-corrected chi connectivity index (χ0v) is 12.8. The molecular weight excluding hydrogens is 296 g/mol. The Morgan fingerprint density at radius 1 is 1.36 bits per heavy atom. The van der Waals surface area contributed by atoms with E-state index in [0.717, 1.165) is 0 Å². The molecule has 6 N–H and O–H groups in total. The standard InChI is InChI=1S/C11H22N6O5/c1-11(2,3)22-10(19)15-7(8(12)18)5-4-6-14-9(13)16-17(20)21/h7H,4-6H2,1-3H3,(H2,12,18)(H,15,19)(H3,13,14,16)/t7-/m0/s1. The van der Waals surface area contributed by atoms with E-state index in [1.807, 2.05) is 0 Å². The van der Waals surface area contributed by atoms with Crippen LogP contribution in [-0.2, 0) is 9.53 Å². The van der Waals surface area contributed by atoms with Crippen molar-refractivity contribution in [1.29, 1.82) is 0 Å². The maximum atomic E-state index is 11.6. The number of guanidine groups is 1. The molecule has 0 aromatic rings. The molecule has 0 aromatic carbocycles. The Morgan fingerprint density at radius 3 is 2.41 bits per heavy atom. The van der Waals surface area contributed by atoms with Crippen LogP contribution in [0.2, 0.25) is 0 Å². The molecule has 0 rings (SSSR count). The first-order valence-corrected chi connectivity index (χ1v) is 6.51. The quantitative estimate of drug-likeness (QED) is 0.157. The summed E-state index contributed by atoms with van der Waals surface area (Å²) >= 11 is 0. The van der Waals surface area contributed by atoms with E-state index in [4.69, 9.17) is 16.2 Å². The lowest BCUT2D eigenvalue weighted by atomic mass is 10.1. The Kier molecular flexibility index (Phi) is 7.63. The lowest BCUT2D eigenvalue weighted by Crippen LogP contribution is -2.46. The van der Waals surface area contributed by atoms with Gasteiger partial charge in [-0.1, -0.05) is 5.43 Å². The first-order valence-electron chi connectivity index (χ1n) is 6.51. The molecule has 0 aliphatic carbocycles. The molecule has 0 aromatic heterocycles. The monoisotopic (exact) mass is 318 g/mol. The van der Waals surface area contributed by atoms with Gasteiger partial charge in [0.25, 0.3) is 5.96 Å². The van der Waals surface area contributed by atoms with E-state index in [-0.39, 0.29) is 18.9 Å². The van der Waals surface area contributed by atoms with Crippen LogP contribution in [0.1, 0.15) is 33.6 Å². The number of nitrogens with one attached hydrogen (secondary N) is 2. The van der Waals surface area contributed by atoms with Gasteiger partial charge in [-0.15, -0.1) is 0 Å². The van der Waals surface area contributed by atoms with E-state index >= 15 is 0 Å². The number of carbonyl (C=O) groups is 2. The van der Waals surface area contributed by atoms with Crippen molar-refractivity contribution in [3.63, 3.8) is 0 Å². The molecular formula is C11H22N6O5. The highest BCUT2D eigenvalue weighted by atomic mass is 16.7. The van der Waals surface area contributed by atoms with Gasteiger partial charge in [0.2, 0.25) is 5.91 Å². The van der Waals surface area contributed by atoms with Crippen LogP contribution in [-0.4, -0.2) is 41.2 Å². The predicted molar refractivity (Wildman–Crippen MR) is 78.2 cm³/mol. The molecule has 0 spiro atoms.